The zero-order chi connectivity index (χ0) is 20.5. The molecule has 4 nitrogen and oxygen atoms in total. The van der Waals surface area contributed by atoms with Crippen molar-refractivity contribution in [3.63, 3.8) is 0 Å². The van der Waals surface area contributed by atoms with E-state index in [0.717, 1.165) is 29.5 Å². The molecule has 1 aromatic heterocycles. The zero-order valence-corrected chi connectivity index (χ0v) is 18.7. The lowest BCUT2D eigenvalue weighted by molar-refractivity contribution is 0.189. The summed E-state index contributed by atoms with van der Waals surface area (Å²) in [5, 5.41) is 13.8. The van der Waals surface area contributed by atoms with E-state index in [1.165, 1.54) is 0 Å². The first-order valence-electron chi connectivity index (χ1n) is 9.43. The van der Waals surface area contributed by atoms with Crippen LogP contribution < -0.4 is 10.1 Å². The molecule has 0 spiro atoms. The number of rotatable bonds is 4. The topological polar surface area (TPSA) is 58.0 Å². The molecule has 6 heteroatoms. The van der Waals surface area contributed by atoms with E-state index in [1.54, 1.807) is 25.1 Å². The van der Waals surface area contributed by atoms with Crippen molar-refractivity contribution in [2.75, 3.05) is 7.11 Å². The van der Waals surface area contributed by atoms with Crippen molar-refractivity contribution in [1.29, 1.82) is 5.41 Å². The molecule has 0 amide bonds. The smallest absolute Gasteiger partial charge is 0.212 e. The molecule has 1 aliphatic heterocycles. The van der Waals surface area contributed by atoms with Gasteiger partial charge in [0.1, 0.15) is 0 Å². The zero-order valence-electron chi connectivity index (χ0n) is 17.1. The Morgan fingerprint density at radius 1 is 1.14 bits per heavy atom. The maximum Gasteiger partial charge on any atom is 0.212 e. The highest BCUT2D eigenvalue weighted by Crippen LogP contribution is 2.38. The molecule has 1 fully saturated rings. The summed E-state index contributed by atoms with van der Waals surface area (Å²) in [6, 6.07) is 9.63. The van der Waals surface area contributed by atoms with E-state index >= 15 is 0 Å². The largest absolute Gasteiger partial charge is 0.481 e. The highest BCUT2D eigenvalue weighted by molar-refractivity contribution is 8.14. The van der Waals surface area contributed by atoms with Crippen molar-refractivity contribution in [3.8, 4) is 17.0 Å². The number of benzene rings is 1. The van der Waals surface area contributed by atoms with Gasteiger partial charge in [-0.1, -0.05) is 23.7 Å². The van der Waals surface area contributed by atoms with Gasteiger partial charge in [0.05, 0.1) is 17.2 Å². The summed E-state index contributed by atoms with van der Waals surface area (Å²) in [6.07, 6.45) is 3.82. The van der Waals surface area contributed by atoms with Crippen LogP contribution in [0.2, 0.25) is 5.02 Å². The second-order valence-corrected chi connectivity index (χ2v) is 10.4. The second-order valence-electron chi connectivity index (χ2n) is 8.65. The van der Waals surface area contributed by atoms with Gasteiger partial charge in [-0.05, 0) is 58.2 Å². The lowest BCUT2D eigenvalue weighted by Gasteiger charge is -2.46. The first kappa shape index (κ1) is 21.2. The minimum absolute atomic E-state index is 0.0642. The molecule has 0 saturated carbocycles. The summed E-state index contributed by atoms with van der Waals surface area (Å²) >= 11 is 8.18. The summed E-state index contributed by atoms with van der Waals surface area (Å²) in [5.74, 6) is 0.581. The Labute approximate surface area is 176 Å². The van der Waals surface area contributed by atoms with Crippen LogP contribution in [-0.4, -0.2) is 33.5 Å². The van der Waals surface area contributed by atoms with Crippen LogP contribution in [0.1, 0.15) is 46.1 Å². The van der Waals surface area contributed by atoms with Crippen molar-refractivity contribution in [1.82, 2.24) is 10.3 Å². The Morgan fingerprint density at radius 3 is 2.32 bits per heavy atom. The maximum atomic E-state index is 8.62. The van der Waals surface area contributed by atoms with E-state index in [4.69, 9.17) is 21.7 Å². The Bertz CT molecular complexity index is 849. The van der Waals surface area contributed by atoms with E-state index in [1.807, 2.05) is 30.3 Å². The number of nitrogens with one attached hydrogen (secondary N) is 2. The Balaban J connectivity index is 1.75. The van der Waals surface area contributed by atoms with Gasteiger partial charge in [-0.15, -0.1) is 11.8 Å². The minimum Gasteiger partial charge on any atom is -0.481 e. The van der Waals surface area contributed by atoms with Gasteiger partial charge in [-0.25, -0.2) is 4.98 Å². The number of hydrogen-bond acceptors (Lipinski definition) is 5. The molecule has 2 N–H and O–H groups in total. The van der Waals surface area contributed by atoms with Gasteiger partial charge in [0.25, 0.3) is 0 Å². The molecule has 150 valence electrons. The van der Waals surface area contributed by atoms with Crippen molar-refractivity contribution in [3.05, 3.63) is 47.1 Å². The van der Waals surface area contributed by atoms with Gasteiger partial charge in [-0.2, -0.15) is 0 Å². The van der Waals surface area contributed by atoms with Crippen LogP contribution in [0.4, 0.5) is 0 Å². The normalized spacial score (nSPS) is 18.6. The first-order valence-corrected chi connectivity index (χ1v) is 10.7. The van der Waals surface area contributed by atoms with Gasteiger partial charge in [0.2, 0.25) is 5.88 Å². The number of piperidine rings is 1. The molecule has 2 aromatic rings. The van der Waals surface area contributed by atoms with Gasteiger partial charge >= 0.3 is 0 Å². The summed E-state index contributed by atoms with van der Waals surface area (Å²) in [7, 11) is 1.60. The van der Waals surface area contributed by atoms with E-state index in [2.05, 4.69) is 38.0 Å². The molecule has 3 rings (SSSR count). The number of thioether (sulfide) groups is 1. The van der Waals surface area contributed by atoms with Crippen molar-refractivity contribution in [2.24, 2.45) is 0 Å². The fourth-order valence-corrected chi connectivity index (χ4v) is 6.06. The third-order valence-corrected chi connectivity index (χ3v) is 6.36. The Kier molecular flexibility index (Phi) is 6.08. The molecule has 0 atom stereocenters. The number of pyridine rings is 1. The van der Waals surface area contributed by atoms with Crippen LogP contribution in [0.25, 0.3) is 11.1 Å². The van der Waals surface area contributed by atoms with Crippen LogP contribution in [0, 0.1) is 5.41 Å². The van der Waals surface area contributed by atoms with Crippen LogP contribution in [0.5, 0.6) is 5.88 Å². The number of ether oxygens (including phenoxy) is 1. The van der Waals surface area contributed by atoms with Crippen LogP contribution in [0.15, 0.2) is 36.5 Å². The molecule has 1 aliphatic rings. The minimum atomic E-state index is 0.0642. The first-order chi connectivity index (χ1) is 13.1. The molecule has 0 aliphatic carbocycles. The van der Waals surface area contributed by atoms with E-state index in [-0.39, 0.29) is 11.1 Å². The highest BCUT2D eigenvalue weighted by Gasteiger charge is 2.38. The van der Waals surface area contributed by atoms with Crippen LogP contribution >= 0.6 is 23.4 Å². The summed E-state index contributed by atoms with van der Waals surface area (Å²) in [5.41, 5.74) is 2.86. The van der Waals surface area contributed by atoms with E-state index in [9.17, 15) is 0 Å². The van der Waals surface area contributed by atoms with Gasteiger partial charge in [0, 0.05) is 39.7 Å². The lowest BCUT2D eigenvalue weighted by atomic mass is 9.82. The molecule has 1 aromatic carbocycles. The summed E-state index contributed by atoms with van der Waals surface area (Å²) < 4.78 is 5.11. The molecule has 1 saturated heterocycles. The third kappa shape index (κ3) is 5.07. The molecule has 0 unspecified atom stereocenters. The lowest BCUT2D eigenvalue weighted by Crippen LogP contribution is -2.58. The van der Waals surface area contributed by atoms with E-state index in [0.29, 0.717) is 21.2 Å². The quantitative estimate of drug-likeness (QED) is 0.489. The van der Waals surface area contributed by atoms with Crippen molar-refractivity contribution >= 4 is 28.4 Å². The second kappa shape index (κ2) is 8.05. The number of nitrogens with zero attached hydrogens (tertiary/aromatic N) is 1. The number of methoxy groups -OCH3 is 1. The van der Waals surface area contributed by atoms with Crippen molar-refractivity contribution in [2.45, 2.75) is 56.9 Å². The van der Waals surface area contributed by atoms with Crippen LogP contribution in [0.3, 0.4) is 0 Å². The highest BCUT2D eigenvalue weighted by atomic mass is 35.5. The van der Waals surface area contributed by atoms with E-state index < -0.39 is 0 Å². The molecular formula is C22H28ClN3OS. The molecule has 28 heavy (non-hydrogen) atoms. The molecule has 2 heterocycles. The number of hydrogen-bond donors (Lipinski definition) is 2. The fourth-order valence-electron chi connectivity index (χ4n) is 4.09. The average Bonchev–Trinajstić information content (AvgIpc) is 2.58. The molecular weight excluding hydrogens is 390 g/mol. The average molecular weight is 418 g/mol. The van der Waals surface area contributed by atoms with Crippen LogP contribution in [-0.2, 0) is 0 Å². The van der Waals surface area contributed by atoms with Gasteiger partial charge in [-0.3, -0.25) is 5.41 Å². The number of aromatic nitrogens is 1. The van der Waals surface area contributed by atoms with Crippen molar-refractivity contribution < 1.29 is 4.74 Å². The van der Waals surface area contributed by atoms with Gasteiger partial charge in [0.15, 0.2) is 0 Å². The Hall–Kier alpha value is -1.56. The molecule has 0 bridgehead atoms. The molecule has 0 radical (unpaired) electrons. The summed E-state index contributed by atoms with van der Waals surface area (Å²) in [4.78, 5) is 4.25. The Morgan fingerprint density at radius 2 is 1.79 bits per heavy atom. The summed E-state index contributed by atoms with van der Waals surface area (Å²) in [6.45, 7) is 8.93. The SMILES string of the molecule is COc1ccc(-c2ccc(C(=N)SC3CC(C)(C)NC(C)(C)C3)c(Cl)c2)cn1. The predicted molar refractivity (Wildman–Crippen MR) is 120 cm³/mol. The standard InChI is InChI=1S/C22H28ClN3OS/c1-21(2)11-16(12-22(3,4)26-21)28-20(24)17-8-6-14(10-18(17)23)15-7-9-19(27-5)25-13-15/h6-10,13,16,24,26H,11-12H2,1-5H3. The predicted octanol–water partition coefficient (Wildman–Crippen LogP) is 5.78. The maximum absolute atomic E-state index is 8.62. The third-order valence-electron chi connectivity index (χ3n) is 4.93. The number of halogens is 1. The fraction of sp³-hybridized carbons (Fsp3) is 0.455. The van der Waals surface area contributed by atoms with Gasteiger partial charge < -0.3 is 10.1 Å². The monoisotopic (exact) mass is 417 g/mol.